The van der Waals surface area contributed by atoms with E-state index in [0.29, 0.717) is 28.4 Å². The third kappa shape index (κ3) is 4.99. The fraction of sp³-hybridized carbons (Fsp3) is 0.355. The lowest BCUT2D eigenvalue weighted by molar-refractivity contribution is -0.141. The molecular weight excluding hydrogens is 498 g/mol. The Labute approximate surface area is 227 Å². The molecule has 2 aliphatic heterocycles. The van der Waals surface area contributed by atoms with Crippen molar-refractivity contribution in [3.8, 4) is 17.2 Å². The number of fused-ring (bicyclic) bond motifs is 2. The number of allylic oxidation sites excluding steroid dienone is 4. The molecule has 0 amide bonds. The number of carboxylic acids is 2. The smallest absolute Gasteiger partial charge is 0.312 e. The van der Waals surface area contributed by atoms with Gasteiger partial charge in [-0.1, -0.05) is 38.5 Å². The van der Waals surface area contributed by atoms with E-state index in [1.165, 1.54) is 0 Å². The molecule has 39 heavy (non-hydrogen) atoms. The van der Waals surface area contributed by atoms with Gasteiger partial charge in [-0.2, -0.15) is 0 Å². The molecule has 8 heteroatoms. The first kappa shape index (κ1) is 26.4. The van der Waals surface area contributed by atoms with Crippen molar-refractivity contribution in [3.05, 3.63) is 82.2 Å². The number of rotatable bonds is 10. The van der Waals surface area contributed by atoms with E-state index >= 15 is 0 Å². The van der Waals surface area contributed by atoms with Crippen molar-refractivity contribution in [2.75, 3.05) is 13.9 Å². The fourth-order valence-corrected chi connectivity index (χ4v) is 5.64. The summed E-state index contributed by atoms with van der Waals surface area (Å²) in [4.78, 5) is 24.9. The highest BCUT2D eigenvalue weighted by atomic mass is 16.7. The minimum atomic E-state index is -0.958. The molecule has 0 fully saturated rings. The molecule has 3 N–H and O–H groups in total. The first-order valence-electron chi connectivity index (χ1n) is 13.3. The maximum absolute atomic E-state index is 13.1. The molecule has 5 rings (SSSR count). The van der Waals surface area contributed by atoms with Crippen LogP contribution in [0.2, 0.25) is 0 Å². The van der Waals surface area contributed by atoms with Gasteiger partial charge in [-0.25, -0.2) is 0 Å². The number of carboxylic acid groups (broad SMARTS) is 2. The molecule has 2 aromatic carbocycles. The van der Waals surface area contributed by atoms with E-state index in [4.69, 9.17) is 14.2 Å². The molecule has 0 aromatic heterocycles. The van der Waals surface area contributed by atoms with E-state index in [-0.39, 0.29) is 13.2 Å². The summed E-state index contributed by atoms with van der Waals surface area (Å²) < 4.78 is 16.6. The second-order valence-corrected chi connectivity index (χ2v) is 10.2. The van der Waals surface area contributed by atoms with Crippen molar-refractivity contribution >= 4 is 17.5 Å². The molecule has 0 bridgehead atoms. The van der Waals surface area contributed by atoms with Gasteiger partial charge in [0.15, 0.2) is 11.5 Å². The van der Waals surface area contributed by atoms with E-state index in [1.807, 2.05) is 42.5 Å². The van der Waals surface area contributed by atoms with Gasteiger partial charge in [-0.15, -0.1) is 0 Å². The van der Waals surface area contributed by atoms with Crippen molar-refractivity contribution in [2.45, 2.75) is 45.4 Å². The van der Waals surface area contributed by atoms with Gasteiger partial charge in [0.2, 0.25) is 6.79 Å². The molecule has 2 aromatic rings. The monoisotopic (exact) mass is 531 g/mol. The van der Waals surface area contributed by atoms with Crippen LogP contribution in [0.25, 0.3) is 5.57 Å². The number of dihydropyridines is 1. The van der Waals surface area contributed by atoms with Crippen molar-refractivity contribution in [3.63, 3.8) is 0 Å². The standard InChI is InChI=1S/C31H33NO7/c1-4-5-6-20-8-10-23-26(18-7-12-24-25(15-18)39-16-38-24)28(31(35)36)27(29(23)32-20)22-11-9-21(37-3)14-19(22)13-17(2)30(33)34/h7-12,14-15,17,26,28,32H,4-6,13,16H2,1-3H3,(H,33,34)(H,35,36)/t17?,26-,28+/m1/s1. The maximum Gasteiger partial charge on any atom is 0.312 e. The molecule has 1 aliphatic carbocycles. The Balaban J connectivity index is 1.69. The average molecular weight is 532 g/mol. The Morgan fingerprint density at radius 1 is 1.10 bits per heavy atom. The SMILES string of the molecule is CCCCC1=CC=C2C(=C(c3ccc(OC)cc3CC(C)C(=O)O)[C@@H](C(=O)O)[C@@H]2c2ccc3c(c2)OCO3)N1. The number of nitrogens with one attached hydrogen (secondary N) is 1. The molecule has 1 unspecified atom stereocenters. The summed E-state index contributed by atoms with van der Waals surface area (Å²) in [6.45, 7) is 3.91. The van der Waals surface area contributed by atoms with Crippen molar-refractivity contribution in [2.24, 2.45) is 11.8 Å². The summed E-state index contributed by atoms with van der Waals surface area (Å²) in [7, 11) is 1.56. The van der Waals surface area contributed by atoms with Crippen LogP contribution in [0.4, 0.5) is 0 Å². The van der Waals surface area contributed by atoms with Crippen molar-refractivity contribution in [1.29, 1.82) is 0 Å². The first-order valence-corrected chi connectivity index (χ1v) is 13.3. The number of ether oxygens (including phenoxy) is 3. The molecule has 3 aliphatic rings. The van der Waals surface area contributed by atoms with Crippen LogP contribution in [0, 0.1) is 11.8 Å². The van der Waals surface area contributed by atoms with Crippen LogP contribution >= 0.6 is 0 Å². The Morgan fingerprint density at radius 2 is 1.90 bits per heavy atom. The summed E-state index contributed by atoms with van der Waals surface area (Å²) in [5.74, 6) is -2.11. The lowest BCUT2D eigenvalue weighted by Gasteiger charge is -2.23. The van der Waals surface area contributed by atoms with Crippen LogP contribution in [0.5, 0.6) is 17.2 Å². The lowest BCUT2D eigenvalue weighted by Crippen LogP contribution is -2.21. The van der Waals surface area contributed by atoms with E-state index in [0.717, 1.165) is 47.4 Å². The van der Waals surface area contributed by atoms with Gasteiger partial charge >= 0.3 is 11.9 Å². The summed E-state index contributed by atoms with van der Waals surface area (Å²) in [6.07, 6.45) is 7.18. The molecular formula is C31H33NO7. The first-order chi connectivity index (χ1) is 18.8. The Hall–Kier alpha value is -4.20. The minimum Gasteiger partial charge on any atom is -0.497 e. The molecule has 3 atom stereocenters. The quantitative estimate of drug-likeness (QED) is 0.368. The van der Waals surface area contributed by atoms with Gasteiger partial charge in [0.25, 0.3) is 0 Å². The van der Waals surface area contributed by atoms with E-state index in [2.05, 4.69) is 12.2 Å². The van der Waals surface area contributed by atoms with E-state index in [1.54, 1.807) is 20.1 Å². The second kappa shape index (κ2) is 10.9. The summed E-state index contributed by atoms with van der Waals surface area (Å²) in [6, 6.07) is 11.0. The Kier molecular flexibility index (Phi) is 7.37. The highest BCUT2D eigenvalue weighted by Gasteiger charge is 2.46. The van der Waals surface area contributed by atoms with Gasteiger partial charge in [-0.05, 0) is 77.4 Å². The van der Waals surface area contributed by atoms with Gasteiger partial charge in [0.05, 0.1) is 18.9 Å². The summed E-state index contributed by atoms with van der Waals surface area (Å²) in [5, 5.41) is 23.9. The topological polar surface area (TPSA) is 114 Å². The highest BCUT2D eigenvalue weighted by molar-refractivity contribution is 5.96. The lowest BCUT2D eigenvalue weighted by atomic mass is 9.80. The zero-order valence-corrected chi connectivity index (χ0v) is 22.3. The number of aliphatic carboxylic acids is 2. The third-order valence-electron chi connectivity index (χ3n) is 7.66. The van der Waals surface area contributed by atoms with Crippen molar-refractivity contribution < 1.29 is 34.0 Å². The number of methoxy groups -OCH3 is 1. The summed E-state index contributed by atoms with van der Waals surface area (Å²) in [5.41, 5.74) is 5.58. The predicted octanol–water partition coefficient (Wildman–Crippen LogP) is 5.50. The molecule has 0 spiro atoms. The number of benzene rings is 2. The molecule has 2 heterocycles. The number of hydrogen-bond donors (Lipinski definition) is 3. The Bertz CT molecular complexity index is 1400. The van der Waals surface area contributed by atoms with Gasteiger partial charge in [0.1, 0.15) is 5.75 Å². The average Bonchev–Trinajstić information content (AvgIpc) is 3.53. The molecule has 8 nitrogen and oxygen atoms in total. The van der Waals surface area contributed by atoms with Crippen LogP contribution in [-0.4, -0.2) is 36.1 Å². The minimum absolute atomic E-state index is 0.130. The summed E-state index contributed by atoms with van der Waals surface area (Å²) >= 11 is 0. The second-order valence-electron chi connectivity index (χ2n) is 10.2. The zero-order chi connectivity index (χ0) is 27.7. The van der Waals surface area contributed by atoms with Gasteiger partial charge in [-0.3, -0.25) is 9.59 Å². The van der Waals surface area contributed by atoms with Crippen LogP contribution in [0.15, 0.2) is 65.5 Å². The molecule has 204 valence electrons. The van der Waals surface area contributed by atoms with E-state index < -0.39 is 29.7 Å². The molecule has 0 saturated heterocycles. The molecule has 0 saturated carbocycles. The van der Waals surface area contributed by atoms with Crippen LogP contribution in [-0.2, 0) is 16.0 Å². The largest absolute Gasteiger partial charge is 0.497 e. The van der Waals surface area contributed by atoms with Crippen LogP contribution < -0.4 is 19.5 Å². The predicted molar refractivity (Wildman–Crippen MR) is 146 cm³/mol. The number of unbranched alkanes of at least 4 members (excludes halogenated alkanes) is 1. The molecule has 0 radical (unpaired) electrons. The number of hydrogen-bond acceptors (Lipinski definition) is 6. The third-order valence-corrected chi connectivity index (χ3v) is 7.66. The highest BCUT2D eigenvalue weighted by Crippen LogP contribution is 2.54. The number of carbonyl (C=O) groups is 2. The van der Waals surface area contributed by atoms with Gasteiger partial charge in [0, 0.05) is 17.3 Å². The normalized spacial score (nSPS) is 20.1. The van der Waals surface area contributed by atoms with Crippen LogP contribution in [0.1, 0.15) is 55.7 Å². The fourth-order valence-electron chi connectivity index (χ4n) is 5.64. The van der Waals surface area contributed by atoms with Crippen LogP contribution in [0.3, 0.4) is 0 Å². The Morgan fingerprint density at radius 3 is 2.62 bits per heavy atom. The maximum atomic E-state index is 13.1. The van der Waals surface area contributed by atoms with E-state index in [9.17, 15) is 19.8 Å². The van der Waals surface area contributed by atoms with Crippen molar-refractivity contribution in [1.82, 2.24) is 5.32 Å². The van der Waals surface area contributed by atoms with Gasteiger partial charge < -0.3 is 29.7 Å². The zero-order valence-electron chi connectivity index (χ0n) is 22.3.